The molecule has 0 N–H and O–H groups in total. The number of nitrogens with zero attached hydrogens (tertiary/aromatic N) is 3. The summed E-state index contributed by atoms with van der Waals surface area (Å²) >= 11 is 6.26. The van der Waals surface area contributed by atoms with Crippen LogP contribution >= 0.6 is 11.6 Å². The summed E-state index contributed by atoms with van der Waals surface area (Å²) in [6.07, 6.45) is 3.39. The molecule has 0 bridgehead atoms. The topological polar surface area (TPSA) is 48.5 Å². The average molecular weight is 398 g/mol. The smallest absolute Gasteiger partial charge is 0.276 e. The zero-order valence-electron chi connectivity index (χ0n) is 15.1. The van der Waals surface area contributed by atoms with E-state index < -0.39 is 0 Å². The van der Waals surface area contributed by atoms with Gasteiger partial charge >= 0.3 is 0 Å². The first-order valence-electron chi connectivity index (χ1n) is 8.81. The molecule has 0 aliphatic rings. The summed E-state index contributed by atoms with van der Waals surface area (Å²) in [5.74, 6) is 0.305. The van der Waals surface area contributed by atoms with E-state index in [1.54, 1.807) is 51.8 Å². The first-order chi connectivity index (χ1) is 13.5. The molecule has 2 heterocycles. The van der Waals surface area contributed by atoms with Gasteiger partial charge in [0.2, 0.25) is 0 Å². The van der Waals surface area contributed by atoms with E-state index in [4.69, 9.17) is 16.3 Å². The number of ether oxygens (including phenoxy) is 1. The lowest BCUT2D eigenvalue weighted by Gasteiger charge is -2.06. The van der Waals surface area contributed by atoms with Gasteiger partial charge in [-0.05, 0) is 48.9 Å². The Labute approximate surface area is 165 Å². The SMILES string of the molecule is CCOc1ccc(-c2cc3c(=O)n(Cc4ccc(F)cc4)ccn3n2)cc1Cl. The van der Waals surface area contributed by atoms with Gasteiger partial charge in [0.05, 0.1) is 23.9 Å². The average Bonchev–Trinajstić information content (AvgIpc) is 3.13. The second-order valence-electron chi connectivity index (χ2n) is 6.30. The fourth-order valence-corrected chi connectivity index (χ4v) is 3.25. The van der Waals surface area contributed by atoms with E-state index in [9.17, 15) is 9.18 Å². The van der Waals surface area contributed by atoms with Crippen LogP contribution in [-0.4, -0.2) is 20.8 Å². The summed E-state index contributed by atoms with van der Waals surface area (Å²) < 4.78 is 21.6. The molecule has 0 amide bonds. The van der Waals surface area contributed by atoms with Crippen LogP contribution in [0.5, 0.6) is 5.75 Å². The lowest BCUT2D eigenvalue weighted by molar-refractivity contribution is 0.340. The largest absolute Gasteiger partial charge is 0.492 e. The van der Waals surface area contributed by atoms with E-state index in [0.29, 0.717) is 35.1 Å². The van der Waals surface area contributed by atoms with E-state index in [1.165, 1.54) is 12.1 Å². The second-order valence-corrected chi connectivity index (χ2v) is 6.70. The maximum absolute atomic E-state index is 13.1. The zero-order valence-corrected chi connectivity index (χ0v) is 15.9. The molecule has 2 aromatic carbocycles. The maximum atomic E-state index is 13.1. The van der Waals surface area contributed by atoms with Crippen molar-refractivity contribution in [3.63, 3.8) is 0 Å². The molecule has 4 aromatic rings. The van der Waals surface area contributed by atoms with Gasteiger partial charge in [-0.25, -0.2) is 8.91 Å². The van der Waals surface area contributed by atoms with E-state index >= 15 is 0 Å². The van der Waals surface area contributed by atoms with Crippen molar-refractivity contribution in [1.82, 2.24) is 14.2 Å². The van der Waals surface area contributed by atoms with Gasteiger partial charge in [0.25, 0.3) is 5.56 Å². The standard InChI is InChI=1S/C21H17ClFN3O2/c1-2-28-20-8-5-15(11-17(20)22)18-12-19-21(27)25(9-10-26(19)24-18)13-14-3-6-16(23)7-4-14/h3-12H,2,13H2,1H3. The van der Waals surface area contributed by atoms with Gasteiger partial charge in [-0.2, -0.15) is 5.10 Å². The van der Waals surface area contributed by atoms with Crippen molar-refractivity contribution in [2.24, 2.45) is 0 Å². The van der Waals surface area contributed by atoms with E-state index in [0.717, 1.165) is 11.1 Å². The van der Waals surface area contributed by atoms with Crippen molar-refractivity contribution in [3.05, 3.63) is 87.7 Å². The zero-order chi connectivity index (χ0) is 19.7. The molecule has 0 aliphatic carbocycles. The van der Waals surface area contributed by atoms with Crippen LogP contribution in [-0.2, 0) is 6.54 Å². The van der Waals surface area contributed by atoms with Gasteiger partial charge in [0.15, 0.2) is 0 Å². The van der Waals surface area contributed by atoms with E-state index in [2.05, 4.69) is 5.10 Å². The van der Waals surface area contributed by atoms with Crippen molar-refractivity contribution in [1.29, 1.82) is 0 Å². The molecule has 0 unspecified atom stereocenters. The molecule has 2 aromatic heterocycles. The van der Waals surface area contributed by atoms with Crippen LogP contribution in [0.3, 0.4) is 0 Å². The molecule has 142 valence electrons. The minimum absolute atomic E-state index is 0.178. The predicted octanol–water partition coefficient (Wildman–Crippen LogP) is 4.40. The van der Waals surface area contributed by atoms with Crippen LogP contribution in [0.4, 0.5) is 4.39 Å². The van der Waals surface area contributed by atoms with Crippen LogP contribution in [0.25, 0.3) is 16.8 Å². The van der Waals surface area contributed by atoms with Gasteiger partial charge in [-0.15, -0.1) is 0 Å². The summed E-state index contributed by atoms with van der Waals surface area (Å²) in [5, 5.41) is 4.97. The van der Waals surface area contributed by atoms with Crippen molar-refractivity contribution < 1.29 is 9.13 Å². The molecule has 0 saturated carbocycles. The minimum atomic E-state index is -0.305. The van der Waals surface area contributed by atoms with Crippen molar-refractivity contribution in [2.75, 3.05) is 6.61 Å². The van der Waals surface area contributed by atoms with E-state index in [-0.39, 0.29) is 11.4 Å². The minimum Gasteiger partial charge on any atom is -0.492 e. The number of halogens is 2. The molecular formula is C21H17ClFN3O2. The van der Waals surface area contributed by atoms with Crippen LogP contribution in [0.1, 0.15) is 12.5 Å². The normalized spacial score (nSPS) is 11.1. The molecule has 7 heteroatoms. The summed E-state index contributed by atoms with van der Waals surface area (Å²) in [6, 6.07) is 13.2. The number of hydrogen-bond donors (Lipinski definition) is 0. The molecule has 0 atom stereocenters. The van der Waals surface area contributed by atoms with Gasteiger partial charge in [-0.1, -0.05) is 23.7 Å². The molecule has 0 aliphatic heterocycles. The second kappa shape index (κ2) is 7.48. The summed E-state index contributed by atoms with van der Waals surface area (Å²) in [7, 11) is 0. The Morgan fingerprint density at radius 2 is 1.89 bits per heavy atom. The summed E-state index contributed by atoms with van der Waals surface area (Å²) in [4.78, 5) is 12.8. The quantitative estimate of drug-likeness (QED) is 0.501. The van der Waals surface area contributed by atoms with Gasteiger partial charge < -0.3 is 9.30 Å². The van der Waals surface area contributed by atoms with Gasteiger partial charge in [0.1, 0.15) is 17.1 Å². The molecule has 0 fully saturated rings. The Hall–Kier alpha value is -3.12. The molecule has 5 nitrogen and oxygen atoms in total. The summed E-state index contributed by atoms with van der Waals surface area (Å²) in [5.41, 5.74) is 2.54. The van der Waals surface area contributed by atoms with Gasteiger partial charge in [0, 0.05) is 18.0 Å². The molecule has 4 rings (SSSR count). The van der Waals surface area contributed by atoms with Crippen molar-refractivity contribution in [3.8, 4) is 17.0 Å². The predicted molar refractivity (Wildman–Crippen MR) is 107 cm³/mol. The van der Waals surface area contributed by atoms with E-state index in [1.807, 2.05) is 13.0 Å². The number of hydrogen-bond acceptors (Lipinski definition) is 3. The maximum Gasteiger partial charge on any atom is 0.276 e. The van der Waals surface area contributed by atoms with Crippen LogP contribution in [0, 0.1) is 5.82 Å². The highest BCUT2D eigenvalue weighted by atomic mass is 35.5. The van der Waals surface area contributed by atoms with Crippen molar-refractivity contribution >= 4 is 17.1 Å². The number of rotatable bonds is 5. The molecule has 0 radical (unpaired) electrons. The Bertz CT molecular complexity index is 1200. The molecule has 0 saturated heterocycles. The highest BCUT2D eigenvalue weighted by Crippen LogP contribution is 2.30. The number of benzene rings is 2. The Morgan fingerprint density at radius 1 is 1.11 bits per heavy atom. The molecule has 0 spiro atoms. The van der Waals surface area contributed by atoms with Crippen LogP contribution in [0.2, 0.25) is 5.02 Å². The van der Waals surface area contributed by atoms with Gasteiger partial charge in [-0.3, -0.25) is 4.79 Å². The molecule has 28 heavy (non-hydrogen) atoms. The first-order valence-corrected chi connectivity index (χ1v) is 9.19. The van der Waals surface area contributed by atoms with Crippen molar-refractivity contribution in [2.45, 2.75) is 13.5 Å². The third-order valence-corrected chi connectivity index (χ3v) is 4.69. The van der Waals surface area contributed by atoms with Crippen LogP contribution in [0.15, 0.2) is 65.7 Å². The Kier molecular flexibility index (Phi) is 4.88. The monoisotopic (exact) mass is 397 g/mol. The fourth-order valence-electron chi connectivity index (χ4n) is 3.01. The highest BCUT2D eigenvalue weighted by molar-refractivity contribution is 6.32. The Morgan fingerprint density at radius 3 is 2.61 bits per heavy atom. The summed E-state index contributed by atoms with van der Waals surface area (Å²) in [6.45, 7) is 2.77. The third kappa shape index (κ3) is 3.51. The highest BCUT2D eigenvalue weighted by Gasteiger charge is 2.11. The van der Waals surface area contributed by atoms with Crippen LogP contribution < -0.4 is 10.3 Å². The number of aromatic nitrogens is 3. The lowest BCUT2D eigenvalue weighted by atomic mass is 10.1. The number of fused-ring (bicyclic) bond motifs is 1. The fraction of sp³-hybridized carbons (Fsp3) is 0.143. The third-order valence-electron chi connectivity index (χ3n) is 4.40. The molecular weight excluding hydrogens is 381 g/mol. The lowest BCUT2D eigenvalue weighted by Crippen LogP contribution is -2.21. The first kappa shape index (κ1) is 18.3. The Balaban J connectivity index is 1.69.